The van der Waals surface area contributed by atoms with E-state index in [-0.39, 0.29) is 23.4 Å². The first-order valence-electron chi connectivity index (χ1n) is 12.3. The second kappa shape index (κ2) is 9.53. The predicted octanol–water partition coefficient (Wildman–Crippen LogP) is 5.96. The lowest BCUT2D eigenvalue weighted by molar-refractivity contribution is -0.125. The lowest BCUT2D eigenvalue weighted by Gasteiger charge is -2.35. The van der Waals surface area contributed by atoms with Crippen LogP contribution >= 0.6 is 0 Å². The summed E-state index contributed by atoms with van der Waals surface area (Å²) in [6.07, 6.45) is 5.82. The van der Waals surface area contributed by atoms with Gasteiger partial charge in [0.05, 0.1) is 5.69 Å². The molecule has 0 radical (unpaired) electrons. The van der Waals surface area contributed by atoms with Crippen LogP contribution in [0.5, 0.6) is 0 Å². The van der Waals surface area contributed by atoms with Crippen molar-refractivity contribution in [1.82, 2.24) is 9.78 Å². The highest BCUT2D eigenvalue weighted by molar-refractivity contribution is 5.95. The van der Waals surface area contributed by atoms with Crippen LogP contribution < -0.4 is 5.32 Å². The molecule has 1 N–H and O–H groups in total. The number of benzene rings is 2. The Kier molecular flexibility index (Phi) is 6.31. The Labute approximate surface area is 199 Å². The van der Waals surface area contributed by atoms with E-state index in [9.17, 15) is 14.0 Å². The van der Waals surface area contributed by atoms with Crippen molar-refractivity contribution in [2.45, 2.75) is 51.9 Å². The van der Waals surface area contributed by atoms with Crippen molar-refractivity contribution in [1.29, 1.82) is 0 Å². The third kappa shape index (κ3) is 4.54. The molecule has 2 aliphatic rings. The van der Waals surface area contributed by atoms with Gasteiger partial charge in [-0.05, 0) is 61.3 Å². The minimum atomic E-state index is -0.389. The molecule has 0 saturated heterocycles. The van der Waals surface area contributed by atoms with Crippen molar-refractivity contribution in [2.75, 3.05) is 5.32 Å². The molecular formula is C28H30FN3O2. The van der Waals surface area contributed by atoms with Gasteiger partial charge in [-0.15, -0.1) is 5.10 Å². The summed E-state index contributed by atoms with van der Waals surface area (Å²) < 4.78 is 16.3. The van der Waals surface area contributed by atoms with Crippen LogP contribution in [0, 0.1) is 23.6 Å². The van der Waals surface area contributed by atoms with Crippen LogP contribution in [0.15, 0.2) is 54.6 Å². The second-order valence-corrected chi connectivity index (χ2v) is 9.69. The van der Waals surface area contributed by atoms with Crippen LogP contribution in [-0.2, 0) is 16.0 Å². The number of hydrogen-bond acceptors (Lipinski definition) is 3. The Morgan fingerprint density at radius 3 is 2.68 bits per heavy atom. The molecule has 6 heteroatoms. The molecule has 2 aliphatic carbocycles. The van der Waals surface area contributed by atoms with E-state index in [2.05, 4.69) is 29.5 Å². The maximum atomic E-state index is 14.7. The number of aromatic nitrogens is 2. The van der Waals surface area contributed by atoms with Crippen LogP contribution in [0.25, 0.3) is 16.9 Å². The zero-order chi connectivity index (χ0) is 23.7. The molecule has 2 fully saturated rings. The van der Waals surface area contributed by atoms with Crippen LogP contribution in [0.1, 0.15) is 51.0 Å². The number of Topliss-reactive ketones (excluding diaryl/α,β-unsaturated/α-hetero) is 1. The van der Waals surface area contributed by atoms with Gasteiger partial charge in [0.1, 0.15) is 17.3 Å². The van der Waals surface area contributed by atoms with E-state index in [1.54, 1.807) is 28.9 Å². The molecule has 2 aromatic carbocycles. The van der Waals surface area contributed by atoms with Gasteiger partial charge in [0.25, 0.3) is 0 Å². The van der Waals surface area contributed by atoms with Gasteiger partial charge in [0.2, 0.25) is 5.91 Å². The van der Waals surface area contributed by atoms with E-state index in [0.717, 1.165) is 37.7 Å². The number of para-hydroxylation sites is 1. The first-order valence-corrected chi connectivity index (χ1v) is 12.3. The largest absolute Gasteiger partial charge is 0.309 e. The minimum Gasteiger partial charge on any atom is -0.309 e. The van der Waals surface area contributed by atoms with Crippen LogP contribution in [0.3, 0.4) is 0 Å². The van der Waals surface area contributed by atoms with Gasteiger partial charge in [-0.25, -0.2) is 9.07 Å². The van der Waals surface area contributed by atoms with E-state index in [4.69, 9.17) is 0 Å². The van der Waals surface area contributed by atoms with E-state index in [0.29, 0.717) is 41.9 Å². The molecule has 3 aromatic rings. The van der Waals surface area contributed by atoms with E-state index < -0.39 is 0 Å². The summed E-state index contributed by atoms with van der Waals surface area (Å²) in [6.45, 7) is 2.13. The second-order valence-electron chi connectivity index (χ2n) is 9.69. The molecule has 1 heterocycles. The number of anilines is 1. The van der Waals surface area contributed by atoms with Crippen molar-refractivity contribution < 1.29 is 14.0 Å². The highest BCUT2D eigenvalue weighted by Crippen LogP contribution is 2.44. The number of aryl methyl sites for hydroxylation is 1. The van der Waals surface area contributed by atoms with E-state index in [1.807, 2.05) is 12.1 Å². The lowest BCUT2D eigenvalue weighted by Crippen LogP contribution is -2.29. The summed E-state index contributed by atoms with van der Waals surface area (Å²) in [4.78, 5) is 25.5. The van der Waals surface area contributed by atoms with Gasteiger partial charge < -0.3 is 5.32 Å². The fourth-order valence-electron chi connectivity index (χ4n) is 5.37. The SMILES string of the molecule is CCCc1cccc(-c2cc(NC(=O)[C@@H]3CC(=O)CC4CCC4C3)nn2-c2ccccc2F)c1. The third-order valence-electron chi connectivity index (χ3n) is 7.30. The average Bonchev–Trinajstić information content (AvgIpc) is 3.18. The molecule has 0 spiro atoms. The van der Waals surface area contributed by atoms with E-state index >= 15 is 0 Å². The van der Waals surface area contributed by atoms with Gasteiger partial charge in [-0.2, -0.15) is 0 Å². The molecule has 5 nitrogen and oxygen atoms in total. The topological polar surface area (TPSA) is 64.0 Å². The summed E-state index contributed by atoms with van der Waals surface area (Å²) in [5.41, 5.74) is 3.12. The number of ketones is 1. The molecule has 2 unspecified atom stereocenters. The minimum absolute atomic E-state index is 0.176. The normalized spacial score (nSPS) is 21.9. The van der Waals surface area contributed by atoms with Crippen molar-refractivity contribution >= 4 is 17.5 Å². The molecule has 0 bridgehead atoms. The molecule has 5 rings (SSSR count). The number of carbonyl (C=O) groups is 2. The van der Waals surface area contributed by atoms with Gasteiger partial charge in [-0.1, -0.05) is 43.7 Å². The van der Waals surface area contributed by atoms with Crippen LogP contribution in [0.4, 0.5) is 10.2 Å². The number of rotatable bonds is 6. The van der Waals surface area contributed by atoms with Gasteiger partial charge >= 0.3 is 0 Å². The zero-order valence-corrected chi connectivity index (χ0v) is 19.5. The highest BCUT2D eigenvalue weighted by atomic mass is 19.1. The molecular weight excluding hydrogens is 429 g/mol. The highest BCUT2D eigenvalue weighted by Gasteiger charge is 2.39. The van der Waals surface area contributed by atoms with Crippen molar-refractivity contribution in [2.24, 2.45) is 17.8 Å². The molecule has 0 aliphatic heterocycles. The first kappa shape index (κ1) is 22.5. The molecule has 2 saturated carbocycles. The van der Waals surface area contributed by atoms with Crippen molar-refractivity contribution in [3.8, 4) is 16.9 Å². The van der Waals surface area contributed by atoms with Gasteiger partial charge in [0.15, 0.2) is 5.82 Å². The fraction of sp³-hybridized carbons (Fsp3) is 0.393. The fourth-order valence-corrected chi connectivity index (χ4v) is 5.37. The number of amides is 1. The first-order chi connectivity index (χ1) is 16.5. The summed E-state index contributed by atoms with van der Waals surface area (Å²) in [5, 5.41) is 7.51. The summed E-state index contributed by atoms with van der Waals surface area (Å²) in [5.74, 6) is 0.564. The smallest absolute Gasteiger partial charge is 0.229 e. The monoisotopic (exact) mass is 459 g/mol. The van der Waals surface area contributed by atoms with Crippen molar-refractivity contribution in [3.05, 3.63) is 66.0 Å². The maximum Gasteiger partial charge on any atom is 0.229 e. The molecule has 1 amide bonds. The zero-order valence-electron chi connectivity index (χ0n) is 19.5. The molecule has 176 valence electrons. The number of nitrogens with one attached hydrogen (secondary N) is 1. The third-order valence-corrected chi connectivity index (χ3v) is 7.30. The Morgan fingerprint density at radius 1 is 1.09 bits per heavy atom. The lowest BCUT2D eigenvalue weighted by atomic mass is 9.70. The van der Waals surface area contributed by atoms with Gasteiger partial charge in [-0.3, -0.25) is 9.59 Å². The molecule has 34 heavy (non-hydrogen) atoms. The number of carbonyl (C=O) groups excluding carboxylic acids is 2. The summed E-state index contributed by atoms with van der Waals surface area (Å²) >= 11 is 0. The van der Waals surface area contributed by atoms with Gasteiger partial charge in [0, 0.05) is 30.4 Å². The quantitative estimate of drug-likeness (QED) is 0.494. The Hall–Kier alpha value is -3.28. The molecule has 3 atom stereocenters. The van der Waals surface area contributed by atoms with Crippen LogP contribution in [0.2, 0.25) is 0 Å². The van der Waals surface area contributed by atoms with E-state index in [1.165, 1.54) is 11.6 Å². The Bertz CT molecular complexity index is 1220. The summed E-state index contributed by atoms with van der Waals surface area (Å²) in [7, 11) is 0. The maximum absolute atomic E-state index is 14.7. The van der Waals surface area contributed by atoms with Crippen LogP contribution in [-0.4, -0.2) is 21.5 Å². The number of hydrogen-bond donors (Lipinski definition) is 1. The van der Waals surface area contributed by atoms with Crippen molar-refractivity contribution in [3.63, 3.8) is 0 Å². The number of halogens is 1. The predicted molar refractivity (Wildman–Crippen MR) is 130 cm³/mol. The summed E-state index contributed by atoms with van der Waals surface area (Å²) in [6, 6.07) is 16.4. The Morgan fingerprint density at radius 2 is 1.91 bits per heavy atom. The number of nitrogens with zero attached hydrogens (tertiary/aromatic N) is 2. The Balaban J connectivity index is 1.47. The average molecular weight is 460 g/mol. The molecule has 1 aromatic heterocycles. The number of fused-ring (bicyclic) bond motifs is 1. The standard InChI is InChI=1S/C28H30FN3O2/c1-2-6-18-7-5-8-21(13-18)26-17-27(31-32(26)25-10-4-3-9-24(25)29)30-28(34)22-14-19-11-12-20(19)15-23(33)16-22/h3-5,7-10,13,17,19-20,22H,2,6,11-12,14-16H2,1H3,(H,30,31,34)/t19?,20?,22-/m0/s1.